The van der Waals surface area contributed by atoms with Crippen molar-refractivity contribution in [1.82, 2.24) is 10.3 Å². The van der Waals surface area contributed by atoms with Crippen molar-refractivity contribution in [2.75, 3.05) is 6.79 Å². The minimum atomic E-state index is -0.00109. The van der Waals surface area contributed by atoms with Crippen LogP contribution in [0.1, 0.15) is 43.4 Å². The minimum absolute atomic E-state index is 0.000149. The van der Waals surface area contributed by atoms with E-state index in [1.807, 2.05) is 36.5 Å². The molecule has 1 aliphatic heterocycles. The number of ether oxygens (including phenoxy) is 2. The number of benzene rings is 1. The van der Waals surface area contributed by atoms with Crippen molar-refractivity contribution >= 4 is 5.91 Å². The van der Waals surface area contributed by atoms with E-state index < -0.39 is 0 Å². The van der Waals surface area contributed by atoms with Crippen LogP contribution in [0.5, 0.6) is 11.5 Å². The fourth-order valence-corrected chi connectivity index (χ4v) is 2.79. The molecule has 5 heteroatoms. The second kappa shape index (κ2) is 7.81. The first-order valence-electron chi connectivity index (χ1n) is 8.34. The molecule has 0 radical (unpaired) electrons. The third-order valence-electron chi connectivity index (χ3n) is 4.07. The topological polar surface area (TPSA) is 60.5 Å². The van der Waals surface area contributed by atoms with Gasteiger partial charge in [0.05, 0.1) is 12.5 Å². The molecule has 0 aliphatic carbocycles. The van der Waals surface area contributed by atoms with E-state index >= 15 is 0 Å². The molecule has 0 bridgehead atoms. The summed E-state index contributed by atoms with van der Waals surface area (Å²) in [7, 11) is 0. The molecule has 3 rings (SSSR count). The summed E-state index contributed by atoms with van der Waals surface area (Å²) in [6.45, 7) is 2.39. The summed E-state index contributed by atoms with van der Waals surface area (Å²) in [5, 5.41) is 3.13. The van der Waals surface area contributed by atoms with Gasteiger partial charge in [-0.05, 0) is 35.7 Å². The number of nitrogens with one attached hydrogen (secondary N) is 1. The van der Waals surface area contributed by atoms with Gasteiger partial charge in [-0.2, -0.15) is 0 Å². The fourth-order valence-electron chi connectivity index (χ4n) is 2.79. The minimum Gasteiger partial charge on any atom is -0.454 e. The van der Waals surface area contributed by atoms with Crippen molar-refractivity contribution in [2.45, 2.75) is 38.6 Å². The molecule has 0 fully saturated rings. The molecule has 0 saturated carbocycles. The standard InChI is InChI=1S/C19H22N2O3/c1-2-3-6-16(15-5-4-9-20-12-15)21-19(22)11-14-7-8-17-18(10-14)24-13-23-17/h4-5,7-10,12,16H,2-3,6,11,13H2,1H3,(H,21,22). The number of unbranched alkanes of at least 4 members (excludes halogenated alkanes) is 1. The smallest absolute Gasteiger partial charge is 0.231 e. The highest BCUT2D eigenvalue weighted by Crippen LogP contribution is 2.32. The van der Waals surface area contributed by atoms with Gasteiger partial charge in [0.25, 0.3) is 0 Å². The Bertz CT molecular complexity index is 688. The highest BCUT2D eigenvalue weighted by atomic mass is 16.7. The van der Waals surface area contributed by atoms with E-state index in [-0.39, 0.29) is 18.7 Å². The molecule has 1 aromatic heterocycles. The lowest BCUT2D eigenvalue weighted by Crippen LogP contribution is -2.30. The quantitative estimate of drug-likeness (QED) is 0.847. The molecule has 24 heavy (non-hydrogen) atoms. The fraction of sp³-hybridized carbons (Fsp3) is 0.368. The van der Waals surface area contributed by atoms with E-state index in [0.717, 1.165) is 36.1 Å². The number of aromatic nitrogens is 1. The lowest BCUT2D eigenvalue weighted by Gasteiger charge is -2.19. The van der Waals surface area contributed by atoms with Gasteiger partial charge >= 0.3 is 0 Å². The largest absolute Gasteiger partial charge is 0.454 e. The average Bonchev–Trinajstić information content (AvgIpc) is 3.07. The van der Waals surface area contributed by atoms with Crippen molar-refractivity contribution < 1.29 is 14.3 Å². The van der Waals surface area contributed by atoms with Crippen molar-refractivity contribution in [2.24, 2.45) is 0 Å². The summed E-state index contributed by atoms with van der Waals surface area (Å²) in [5.41, 5.74) is 1.96. The highest BCUT2D eigenvalue weighted by molar-refractivity contribution is 5.79. The Morgan fingerprint density at radius 2 is 2.17 bits per heavy atom. The van der Waals surface area contributed by atoms with Gasteiger partial charge in [-0.1, -0.05) is 31.9 Å². The molecule has 2 aromatic rings. The first-order chi connectivity index (χ1) is 11.8. The van der Waals surface area contributed by atoms with E-state index in [0.29, 0.717) is 12.2 Å². The summed E-state index contributed by atoms with van der Waals surface area (Å²) in [6.07, 6.45) is 6.95. The highest BCUT2D eigenvalue weighted by Gasteiger charge is 2.17. The number of amides is 1. The van der Waals surface area contributed by atoms with Crippen LogP contribution in [0.4, 0.5) is 0 Å². The van der Waals surface area contributed by atoms with Gasteiger partial charge in [0.15, 0.2) is 11.5 Å². The monoisotopic (exact) mass is 326 g/mol. The summed E-state index contributed by atoms with van der Waals surface area (Å²) >= 11 is 0. The number of pyridine rings is 1. The van der Waals surface area contributed by atoms with Crippen molar-refractivity contribution in [3.8, 4) is 11.5 Å². The third-order valence-corrected chi connectivity index (χ3v) is 4.07. The molecule has 1 unspecified atom stereocenters. The van der Waals surface area contributed by atoms with E-state index in [1.54, 1.807) is 6.20 Å². The molecular formula is C19H22N2O3. The lowest BCUT2D eigenvalue weighted by molar-refractivity contribution is -0.121. The second-order valence-corrected chi connectivity index (χ2v) is 5.91. The van der Waals surface area contributed by atoms with Gasteiger partial charge in [0, 0.05) is 12.4 Å². The summed E-state index contributed by atoms with van der Waals surface area (Å²) in [5.74, 6) is 1.43. The van der Waals surface area contributed by atoms with Gasteiger partial charge in [-0.15, -0.1) is 0 Å². The van der Waals surface area contributed by atoms with Crippen molar-refractivity contribution in [3.05, 3.63) is 53.9 Å². The number of hydrogen-bond donors (Lipinski definition) is 1. The molecule has 1 aromatic carbocycles. The first-order valence-corrected chi connectivity index (χ1v) is 8.34. The molecule has 1 amide bonds. The number of hydrogen-bond acceptors (Lipinski definition) is 4. The molecule has 1 aliphatic rings. The number of carbonyl (C=O) groups excluding carboxylic acids is 1. The zero-order valence-electron chi connectivity index (χ0n) is 13.8. The van der Waals surface area contributed by atoms with Crippen LogP contribution in [0.2, 0.25) is 0 Å². The maximum Gasteiger partial charge on any atom is 0.231 e. The van der Waals surface area contributed by atoms with Crippen LogP contribution >= 0.6 is 0 Å². The molecule has 5 nitrogen and oxygen atoms in total. The zero-order chi connectivity index (χ0) is 16.8. The van der Waals surface area contributed by atoms with Gasteiger partial charge in [-0.3, -0.25) is 9.78 Å². The van der Waals surface area contributed by atoms with Crippen LogP contribution in [-0.2, 0) is 11.2 Å². The molecule has 0 spiro atoms. The molecular weight excluding hydrogens is 304 g/mol. The van der Waals surface area contributed by atoms with Crippen molar-refractivity contribution in [1.29, 1.82) is 0 Å². The first kappa shape index (κ1) is 16.3. The Morgan fingerprint density at radius 1 is 1.29 bits per heavy atom. The normalized spacial score (nSPS) is 13.5. The Labute approximate surface area is 142 Å². The van der Waals surface area contributed by atoms with E-state index in [4.69, 9.17) is 9.47 Å². The average molecular weight is 326 g/mol. The lowest BCUT2D eigenvalue weighted by atomic mass is 10.0. The van der Waals surface area contributed by atoms with Gasteiger partial charge in [0.1, 0.15) is 0 Å². The number of rotatable bonds is 7. The Balaban J connectivity index is 1.64. The summed E-state index contributed by atoms with van der Waals surface area (Å²) in [6, 6.07) is 9.53. The molecule has 2 heterocycles. The van der Waals surface area contributed by atoms with Crippen LogP contribution in [0.15, 0.2) is 42.7 Å². The van der Waals surface area contributed by atoms with E-state index in [1.165, 1.54) is 0 Å². The van der Waals surface area contributed by atoms with Crippen LogP contribution in [0.25, 0.3) is 0 Å². The predicted molar refractivity (Wildman–Crippen MR) is 90.9 cm³/mol. The number of carbonyl (C=O) groups is 1. The molecule has 1 N–H and O–H groups in total. The van der Waals surface area contributed by atoms with Crippen LogP contribution in [-0.4, -0.2) is 17.7 Å². The molecule has 0 saturated heterocycles. The van der Waals surface area contributed by atoms with Crippen LogP contribution < -0.4 is 14.8 Å². The van der Waals surface area contributed by atoms with Gasteiger partial charge < -0.3 is 14.8 Å². The number of fused-ring (bicyclic) bond motifs is 1. The second-order valence-electron chi connectivity index (χ2n) is 5.91. The zero-order valence-corrected chi connectivity index (χ0v) is 13.8. The maximum atomic E-state index is 12.5. The van der Waals surface area contributed by atoms with Crippen LogP contribution in [0, 0.1) is 0 Å². The maximum absolute atomic E-state index is 12.5. The Kier molecular flexibility index (Phi) is 5.31. The summed E-state index contributed by atoms with van der Waals surface area (Å²) in [4.78, 5) is 16.6. The van der Waals surface area contributed by atoms with Crippen LogP contribution in [0.3, 0.4) is 0 Å². The Hall–Kier alpha value is -2.56. The molecule has 126 valence electrons. The van der Waals surface area contributed by atoms with E-state index in [9.17, 15) is 4.79 Å². The SMILES string of the molecule is CCCCC(NC(=O)Cc1ccc2c(c1)OCO2)c1cccnc1. The number of nitrogens with zero attached hydrogens (tertiary/aromatic N) is 1. The third kappa shape index (κ3) is 4.04. The van der Waals surface area contributed by atoms with Crippen molar-refractivity contribution in [3.63, 3.8) is 0 Å². The summed E-state index contributed by atoms with van der Waals surface area (Å²) < 4.78 is 10.7. The Morgan fingerprint density at radius 3 is 2.96 bits per heavy atom. The van der Waals surface area contributed by atoms with Gasteiger partial charge in [-0.25, -0.2) is 0 Å². The molecule has 1 atom stereocenters. The predicted octanol–water partition coefficient (Wildman–Crippen LogP) is 3.40. The van der Waals surface area contributed by atoms with Gasteiger partial charge in [0.2, 0.25) is 12.7 Å². The van der Waals surface area contributed by atoms with E-state index in [2.05, 4.69) is 17.2 Å².